The predicted octanol–water partition coefficient (Wildman–Crippen LogP) is 1.97. The summed E-state index contributed by atoms with van der Waals surface area (Å²) in [5.41, 5.74) is 6.58. The fraction of sp³-hybridized carbons (Fsp3) is 0.600. The second kappa shape index (κ2) is 4.44. The van der Waals surface area contributed by atoms with E-state index in [2.05, 4.69) is 0 Å². The highest BCUT2D eigenvalue weighted by Gasteiger charge is 2.06. The van der Waals surface area contributed by atoms with Gasteiger partial charge in [0.25, 0.3) is 0 Å². The molecular formula is C10H17NO2. The van der Waals surface area contributed by atoms with Crippen LogP contribution in [0.2, 0.25) is 0 Å². The number of aryl methyl sites for hydroxylation is 1. The third-order valence-electron chi connectivity index (χ3n) is 1.85. The van der Waals surface area contributed by atoms with Crippen molar-refractivity contribution in [3.8, 4) is 0 Å². The van der Waals surface area contributed by atoms with Crippen molar-refractivity contribution in [3.05, 3.63) is 23.2 Å². The molecule has 74 valence electrons. The fourth-order valence-electron chi connectivity index (χ4n) is 1.11. The van der Waals surface area contributed by atoms with E-state index in [1.807, 2.05) is 26.8 Å². The molecule has 2 N–H and O–H groups in total. The molecule has 0 aliphatic heterocycles. The summed E-state index contributed by atoms with van der Waals surface area (Å²) >= 11 is 0. The highest BCUT2D eigenvalue weighted by Crippen LogP contribution is 2.15. The second-order valence-corrected chi connectivity index (χ2v) is 3.36. The summed E-state index contributed by atoms with van der Waals surface area (Å²) in [6, 6.07) is 1.96. The summed E-state index contributed by atoms with van der Waals surface area (Å²) in [6.45, 7) is 6.97. The Morgan fingerprint density at radius 3 is 2.69 bits per heavy atom. The summed E-state index contributed by atoms with van der Waals surface area (Å²) in [7, 11) is 0. The molecule has 0 aliphatic rings. The molecule has 0 aliphatic carbocycles. The first kappa shape index (κ1) is 10.3. The molecule has 0 unspecified atom stereocenters. The number of hydrogen-bond donors (Lipinski definition) is 1. The average molecular weight is 183 g/mol. The number of ether oxygens (including phenoxy) is 1. The third-order valence-corrected chi connectivity index (χ3v) is 1.85. The van der Waals surface area contributed by atoms with Gasteiger partial charge >= 0.3 is 0 Å². The highest BCUT2D eigenvalue weighted by atomic mass is 16.5. The maximum atomic E-state index is 5.52. The Labute approximate surface area is 78.9 Å². The summed E-state index contributed by atoms with van der Waals surface area (Å²) in [4.78, 5) is 0. The van der Waals surface area contributed by atoms with Crippen molar-refractivity contribution in [1.29, 1.82) is 0 Å². The van der Waals surface area contributed by atoms with E-state index in [0.29, 0.717) is 13.2 Å². The van der Waals surface area contributed by atoms with Crippen molar-refractivity contribution >= 4 is 0 Å². The topological polar surface area (TPSA) is 48.4 Å². The molecule has 0 fully saturated rings. The van der Waals surface area contributed by atoms with Crippen LogP contribution in [0.15, 0.2) is 10.5 Å². The second-order valence-electron chi connectivity index (χ2n) is 3.36. The molecule has 0 saturated heterocycles. The van der Waals surface area contributed by atoms with E-state index in [9.17, 15) is 0 Å². The number of furan rings is 1. The van der Waals surface area contributed by atoms with Gasteiger partial charge in [-0.1, -0.05) is 0 Å². The normalized spacial score (nSPS) is 11.2. The lowest BCUT2D eigenvalue weighted by Gasteiger charge is -2.03. The molecule has 0 bridgehead atoms. The van der Waals surface area contributed by atoms with E-state index in [1.165, 1.54) is 0 Å². The molecular weight excluding hydrogens is 166 g/mol. The summed E-state index contributed by atoms with van der Waals surface area (Å²) in [6.07, 6.45) is 0.228. The molecule has 0 radical (unpaired) electrons. The van der Waals surface area contributed by atoms with Gasteiger partial charge in [0.05, 0.1) is 6.10 Å². The van der Waals surface area contributed by atoms with E-state index < -0.39 is 0 Å². The molecule has 0 amide bonds. The summed E-state index contributed by atoms with van der Waals surface area (Å²) in [5, 5.41) is 0. The molecule has 1 aromatic rings. The molecule has 1 heterocycles. The average Bonchev–Trinajstić information content (AvgIpc) is 2.43. The van der Waals surface area contributed by atoms with Gasteiger partial charge in [-0.25, -0.2) is 0 Å². The smallest absolute Gasteiger partial charge is 0.130 e. The minimum Gasteiger partial charge on any atom is -0.464 e. The van der Waals surface area contributed by atoms with Gasteiger partial charge in [0.15, 0.2) is 0 Å². The van der Waals surface area contributed by atoms with Crippen LogP contribution in [0.5, 0.6) is 0 Å². The van der Waals surface area contributed by atoms with Gasteiger partial charge in [-0.15, -0.1) is 0 Å². The zero-order valence-corrected chi connectivity index (χ0v) is 8.46. The van der Waals surface area contributed by atoms with Crippen LogP contribution in [0.4, 0.5) is 0 Å². The predicted molar refractivity (Wildman–Crippen MR) is 51.3 cm³/mol. The zero-order valence-electron chi connectivity index (χ0n) is 8.46. The van der Waals surface area contributed by atoms with Gasteiger partial charge in [0.2, 0.25) is 0 Å². The van der Waals surface area contributed by atoms with Crippen LogP contribution in [-0.2, 0) is 17.9 Å². The van der Waals surface area contributed by atoms with Crippen LogP contribution >= 0.6 is 0 Å². The van der Waals surface area contributed by atoms with Crippen LogP contribution < -0.4 is 5.73 Å². The van der Waals surface area contributed by atoms with Gasteiger partial charge in [-0.2, -0.15) is 0 Å². The Hall–Kier alpha value is -0.800. The summed E-state index contributed by atoms with van der Waals surface area (Å²) in [5.74, 6) is 1.75. The van der Waals surface area contributed by atoms with Gasteiger partial charge in [-0.3, -0.25) is 0 Å². The molecule has 3 nitrogen and oxygen atoms in total. The Balaban J connectivity index is 2.57. The molecule has 0 spiro atoms. The van der Waals surface area contributed by atoms with Crippen molar-refractivity contribution in [2.24, 2.45) is 5.73 Å². The first-order chi connectivity index (χ1) is 6.13. The largest absolute Gasteiger partial charge is 0.464 e. The number of hydrogen-bond acceptors (Lipinski definition) is 3. The monoisotopic (exact) mass is 183 g/mol. The van der Waals surface area contributed by atoms with E-state index in [1.54, 1.807) is 0 Å². The van der Waals surface area contributed by atoms with Crippen LogP contribution in [0.3, 0.4) is 0 Å². The van der Waals surface area contributed by atoms with Gasteiger partial charge in [0.1, 0.15) is 18.1 Å². The van der Waals surface area contributed by atoms with E-state index in [-0.39, 0.29) is 6.10 Å². The van der Waals surface area contributed by atoms with E-state index in [4.69, 9.17) is 14.9 Å². The van der Waals surface area contributed by atoms with Gasteiger partial charge < -0.3 is 14.9 Å². The standard InChI is InChI=1S/C10H17NO2/c1-7(2)12-6-10-4-9(5-11)8(3)13-10/h4,7H,5-6,11H2,1-3H3. The minimum absolute atomic E-state index is 0.228. The van der Waals surface area contributed by atoms with Crippen molar-refractivity contribution in [2.75, 3.05) is 0 Å². The molecule has 3 heteroatoms. The SMILES string of the molecule is Cc1oc(COC(C)C)cc1CN. The van der Waals surface area contributed by atoms with Gasteiger partial charge in [-0.05, 0) is 26.8 Å². The molecule has 0 saturated carbocycles. The van der Waals surface area contributed by atoms with Crippen LogP contribution in [-0.4, -0.2) is 6.10 Å². The maximum Gasteiger partial charge on any atom is 0.130 e. The first-order valence-corrected chi connectivity index (χ1v) is 4.53. The third kappa shape index (κ3) is 2.86. The lowest BCUT2D eigenvalue weighted by molar-refractivity contribution is 0.0541. The Morgan fingerprint density at radius 1 is 1.54 bits per heavy atom. The van der Waals surface area contributed by atoms with Crippen LogP contribution in [0, 0.1) is 6.92 Å². The van der Waals surface area contributed by atoms with Gasteiger partial charge in [0, 0.05) is 12.1 Å². The summed E-state index contributed by atoms with van der Waals surface area (Å²) < 4.78 is 10.9. The minimum atomic E-state index is 0.228. The van der Waals surface area contributed by atoms with E-state index in [0.717, 1.165) is 17.1 Å². The van der Waals surface area contributed by atoms with Crippen molar-refractivity contribution in [3.63, 3.8) is 0 Å². The van der Waals surface area contributed by atoms with Crippen molar-refractivity contribution < 1.29 is 9.15 Å². The Bertz CT molecular complexity index is 266. The molecule has 13 heavy (non-hydrogen) atoms. The highest BCUT2D eigenvalue weighted by molar-refractivity contribution is 5.19. The Kier molecular flexibility index (Phi) is 3.51. The lowest BCUT2D eigenvalue weighted by Crippen LogP contribution is -2.01. The number of rotatable bonds is 4. The van der Waals surface area contributed by atoms with Crippen molar-refractivity contribution in [1.82, 2.24) is 0 Å². The van der Waals surface area contributed by atoms with Crippen LogP contribution in [0.1, 0.15) is 30.9 Å². The molecule has 0 atom stereocenters. The first-order valence-electron chi connectivity index (χ1n) is 4.53. The van der Waals surface area contributed by atoms with Crippen LogP contribution in [0.25, 0.3) is 0 Å². The fourth-order valence-corrected chi connectivity index (χ4v) is 1.11. The lowest BCUT2D eigenvalue weighted by atomic mass is 10.2. The number of nitrogens with two attached hydrogens (primary N) is 1. The zero-order chi connectivity index (χ0) is 9.84. The quantitative estimate of drug-likeness (QED) is 0.776. The molecule has 1 aromatic heterocycles. The Morgan fingerprint density at radius 2 is 2.23 bits per heavy atom. The maximum absolute atomic E-state index is 5.52. The van der Waals surface area contributed by atoms with Crippen molar-refractivity contribution in [2.45, 2.75) is 40.0 Å². The molecule has 0 aromatic carbocycles. The molecule has 1 rings (SSSR count). The van der Waals surface area contributed by atoms with E-state index >= 15 is 0 Å².